The van der Waals surface area contributed by atoms with Gasteiger partial charge in [0, 0.05) is 49.8 Å². The van der Waals surface area contributed by atoms with Crippen LogP contribution in [0.1, 0.15) is 19.4 Å². The molecular formula is C26H26FN7O4. The van der Waals surface area contributed by atoms with Crippen molar-refractivity contribution in [2.45, 2.75) is 25.9 Å². The van der Waals surface area contributed by atoms with Crippen LogP contribution in [0.4, 0.5) is 14.9 Å². The smallest absolute Gasteiger partial charge is 0.407 e. The van der Waals surface area contributed by atoms with Gasteiger partial charge in [-0.25, -0.2) is 19.2 Å². The quantitative estimate of drug-likeness (QED) is 0.392. The highest BCUT2D eigenvalue weighted by molar-refractivity contribution is 5.92. The number of aryl methyl sites for hydroxylation is 1. The van der Waals surface area contributed by atoms with Gasteiger partial charge in [-0.2, -0.15) is 10.4 Å². The number of aromatic nitrogens is 4. The zero-order chi connectivity index (χ0) is 27.1. The Morgan fingerprint density at radius 2 is 2.00 bits per heavy atom. The summed E-state index contributed by atoms with van der Waals surface area (Å²) in [7, 11) is 3.13. The molecule has 0 unspecified atom stereocenters. The first-order chi connectivity index (χ1) is 18.2. The van der Waals surface area contributed by atoms with E-state index in [1.165, 1.54) is 16.7 Å². The average molecular weight is 520 g/mol. The molecule has 2 atom stereocenters. The summed E-state index contributed by atoms with van der Waals surface area (Å²) in [5.41, 5.74) is 2.21. The predicted molar refractivity (Wildman–Crippen MR) is 137 cm³/mol. The molecule has 3 aromatic heterocycles. The molecule has 1 saturated heterocycles. The van der Waals surface area contributed by atoms with Gasteiger partial charge in [0.05, 0.1) is 41.3 Å². The van der Waals surface area contributed by atoms with Crippen molar-refractivity contribution in [1.82, 2.24) is 24.6 Å². The summed E-state index contributed by atoms with van der Waals surface area (Å²) in [5, 5.41) is 24.8. The molecule has 1 N–H and O–H groups in total. The normalized spacial score (nSPS) is 17.7. The van der Waals surface area contributed by atoms with Crippen LogP contribution in [0.2, 0.25) is 0 Å². The second kappa shape index (κ2) is 9.75. The number of nitrogens with zero attached hydrogens (tertiary/aromatic N) is 7. The number of benzene rings is 1. The summed E-state index contributed by atoms with van der Waals surface area (Å²) >= 11 is 0. The van der Waals surface area contributed by atoms with Crippen molar-refractivity contribution in [3.8, 4) is 23.1 Å². The van der Waals surface area contributed by atoms with Gasteiger partial charge in [-0.1, -0.05) is 0 Å². The number of nitriles is 1. The second-order valence-corrected chi connectivity index (χ2v) is 9.38. The number of carboxylic acid groups (broad SMARTS) is 1. The van der Waals surface area contributed by atoms with Crippen molar-refractivity contribution in [3.63, 3.8) is 0 Å². The Labute approximate surface area is 217 Å². The molecular weight excluding hydrogens is 493 g/mol. The van der Waals surface area contributed by atoms with Crippen molar-refractivity contribution >= 4 is 33.7 Å². The number of rotatable bonds is 5. The number of methoxy groups -OCH3 is 1. The number of fused-ring (bicyclic) bond motifs is 2. The highest BCUT2D eigenvalue weighted by Crippen LogP contribution is 2.38. The van der Waals surface area contributed by atoms with E-state index in [1.54, 1.807) is 31.6 Å². The lowest BCUT2D eigenvalue weighted by Gasteiger charge is -2.43. The van der Waals surface area contributed by atoms with Crippen LogP contribution in [0.15, 0.2) is 30.6 Å². The molecule has 1 aromatic carbocycles. The fraction of sp³-hybridized carbons (Fsp3) is 0.346. The largest absolute Gasteiger partial charge is 0.465 e. The van der Waals surface area contributed by atoms with Gasteiger partial charge in [0.15, 0.2) is 24.0 Å². The van der Waals surface area contributed by atoms with Crippen LogP contribution in [0, 0.1) is 17.1 Å². The van der Waals surface area contributed by atoms with E-state index in [2.05, 4.69) is 26.0 Å². The first-order valence-electron chi connectivity index (χ1n) is 12.0. The Bertz CT molecular complexity index is 1590. The summed E-state index contributed by atoms with van der Waals surface area (Å²) < 4.78 is 27.5. The molecule has 4 aromatic rings. The lowest BCUT2D eigenvalue weighted by atomic mass is 10.0. The summed E-state index contributed by atoms with van der Waals surface area (Å²) in [4.78, 5) is 24.3. The van der Waals surface area contributed by atoms with E-state index in [0.717, 1.165) is 5.69 Å². The van der Waals surface area contributed by atoms with E-state index in [9.17, 15) is 15.2 Å². The predicted octanol–water partition coefficient (Wildman–Crippen LogP) is 3.75. The third-order valence-electron chi connectivity index (χ3n) is 6.68. The van der Waals surface area contributed by atoms with Crippen LogP contribution in [0.25, 0.3) is 33.2 Å². The molecule has 1 amide bonds. The van der Waals surface area contributed by atoms with Gasteiger partial charge < -0.3 is 19.5 Å². The molecule has 1 aliphatic rings. The monoisotopic (exact) mass is 519 g/mol. The minimum absolute atomic E-state index is 0.0790. The Hall–Kier alpha value is -4.50. The maximum Gasteiger partial charge on any atom is 0.407 e. The van der Waals surface area contributed by atoms with Crippen molar-refractivity contribution < 1.29 is 23.8 Å². The van der Waals surface area contributed by atoms with Gasteiger partial charge in [-0.05, 0) is 32.0 Å². The number of hydrogen-bond donors (Lipinski definition) is 1. The molecule has 4 heterocycles. The number of ether oxygens (including phenoxy) is 2. The second-order valence-electron chi connectivity index (χ2n) is 9.38. The number of anilines is 1. The fourth-order valence-electron chi connectivity index (χ4n) is 5.09. The maximum absolute atomic E-state index is 15.4. The molecule has 11 nitrogen and oxygen atoms in total. The molecule has 0 aliphatic carbocycles. The van der Waals surface area contributed by atoms with Gasteiger partial charge in [0.2, 0.25) is 0 Å². The molecule has 0 saturated carbocycles. The Balaban J connectivity index is 1.59. The molecule has 0 bridgehead atoms. The van der Waals surface area contributed by atoms with E-state index >= 15 is 4.39 Å². The molecule has 1 fully saturated rings. The minimum Gasteiger partial charge on any atom is -0.465 e. The van der Waals surface area contributed by atoms with E-state index in [0.29, 0.717) is 46.3 Å². The van der Waals surface area contributed by atoms with Crippen molar-refractivity contribution in [2.24, 2.45) is 7.05 Å². The van der Waals surface area contributed by atoms with Crippen LogP contribution >= 0.6 is 0 Å². The summed E-state index contributed by atoms with van der Waals surface area (Å²) in [5.74, 6) is -0.729. The third-order valence-corrected chi connectivity index (χ3v) is 6.68. The van der Waals surface area contributed by atoms with Crippen LogP contribution in [-0.4, -0.2) is 74.9 Å². The molecule has 38 heavy (non-hydrogen) atoms. The number of hydrogen-bond acceptors (Lipinski definition) is 8. The van der Waals surface area contributed by atoms with Gasteiger partial charge in [-0.15, -0.1) is 0 Å². The summed E-state index contributed by atoms with van der Waals surface area (Å²) in [6.45, 7) is 4.51. The van der Waals surface area contributed by atoms with E-state index in [4.69, 9.17) is 9.47 Å². The molecule has 1 aliphatic heterocycles. The van der Waals surface area contributed by atoms with Crippen LogP contribution in [0.5, 0.6) is 5.75 Å². The first kappa shape index (κ1) is 25.2. The summed E-state index contributed by atoms with van der Waals surface area (Å²) in [6, 6.07) is 6.90. The van der Waals surface area contributed by atoms with E-state index in [1.807, 2.05) is 19.9 Å². The van der Waals surface area contributed by atoms with Crippen LogP contribution < -0.4 is 9.64 Å². The van der Waals surface area contributed by atoms with Gasteiger partial charge >= 0.3 is 6.09 Å². The average Bonchev–Trinajstić information content (AvgIpc) is 3.27. The van der Waals surface area contributed by atoms with Gasteiger partial charge in [0.25, 0.3) is 0 Å². The van der Waals surface area contributed by atoms with Crippen LogP contribution in [0.3, 0.4) is 0 Å². The highest BCUT2D eigenvalue weighted by Gasteiger charge is 2.33. The number of amides is 1. The Morgan fingerprint density at radius 3 is 2.66 bits per heavy atom. The first-order valence-corrected chi connectivity index (χ1v) is 12.0. The lowest BCUT2D eigenvalue weighted by Crippen LogP contribution is -2.58. The number of pyridine rings is 2. The Morgan fingerprint density at radius 1 is 1.26 bits per heavy atom. The molecule has 0 spiro atoms. The van der Waals surface area contributed by atoms with Crippen molar-refractivity contribution in [3.05, 3.63) is 42.0 Å². The number of halogens is 1. The topological polar surface area (TPSA) is 130 Å². The standard InChI is InChI=1S/C26H26FN7O4/c1-14-10-33(11-15(2)34(14)26(35)36)18-7-19-16(8-28)6-21(30-25(19)29-9-18)20-5-17-12-32(3)31-23(17)22(27)24(20)38-13-37-4/h5-7,9,12,14-15H,10-11,13H2,1-4H3,(H,35,36)/t14-,15+. The highest BCUT2D eigenvalue weighted by atomic mass is 19.1. The minimum atomic E-state index is -0.945. The number of carbonyl (C=O) groups is 1. The summed E-state index contributed by atoms with van der Waals surface area (Å²) in [6.07, 6.45) is 2.40. The van der Waals surface area contributed by atoms with Crippen molar-refractivity contribution in [2.75, 3.05) is 31.9 Å². The maximum atomic E-state index is 15.4. The van der Waals surface area contributed by atoms with E-state index in [-0.39, 0.29) is 30.1 Å². The SMILES string of the molecule is COCOc1c(-c2cc(C#N)c3cc(N4C[C@@H](C)N(C(=O)O)[C@@H](C)C4)cnc3n2)cc2cn(C)nc2c1F. The van der Waals surface area contributed by atoms with Crippen LogP contribution in [-0.2, 0) is 11.8 Å². The molecule has 0 radical (unpaired) electrons. The zero-order valence-electron chi connectivity index (χ0n) is 21.3. The lowest BCUT2D eigenvalue weighted by molar-refractivity contribution is 0.0489. The fourth-order valence-corrected chi connectivity index (χ4v) is 5.09. The number of piperazine rings is 1. The molecule has 12 heteroatoms. The molecule has 196 valence electrons. The Kier molecular flexibility index (Phi) is 6.46. The third kappa shape index (κ3) is 4.31. The van der Waals surface area contributed by atoms with Crippen molar-refractivity contribution in [1.29, 1.82) is 5.26 Å². The zero-order valence-corrected chi connectivity index (χ0v) is 21.3. The van der Waals surface area contributed by atoms with Gasteiger partial charge in [0.1, 0.15) is 5.52 Å². The molecule has 5 rings (SSSR count). The van der Waals surface area contributed by atoms with Gasteiger partial charge in [-0.3, -0.25) is 9.58 Å². The van der Waals surface area contributed by atoms with E-state index < -0.39 is 11.9 Å².